The maximum Gasteiger partial charge on any atom is 0.148 e. The summed E-state index contributed by atoms with van der Waals surface area (Å²) in [6.07, 6.45) is 5.13. The Labute approximate surface area is 97.5 Å². The van der Waals surface area contributed by atoms with Crippen molar-refractivity contribution in [2.45, 2.75) is 25.3 Å². The molecule has 0 radical (unpaired) electrons. The lowest BCUT2D eigenvalue weighted by Crippen LogP contribution is -2.25. The highest BCUT2D eigenvalue weighted by molar-refractivity contribution is 8.00. The number of rotatable bonds is 6. The number of nitrogens with zero attached hydrogens (tertiary/aromatic N) is 1. The van der Waals surface area contributed by atoms with E-state index in [1.54, 1.807) is 11.8 Å². The normalized spacial score (nSPS) is 23.5. The SMILES string of the molecule is CN1CCC[C@@H]1CCSCCS(C)(=O)=O. The Morgan fingerprint density at radius 3 is 2.67 bits per heavy atom. The van der Waals surface area contributed by atoms with Crippen LogP contribution in [0.3, 0.4) is 0 Å². The van der Waals surface area contributed by atoms with Gasteiger partial charge in [0.05, 0.1) is 5.75 Å². The number of likely N-dealkylation sites (tertiary alicyclic amines) is 1. The Morgan fingerprint density at radius 1 is 1.40 bits per heavy atom. The van der Waals surface area contributed by atoms with Gasteiger partial charge in [-0.05, 0) is 38.6 Å². The van der Waals surface area contributed by atoms with Crippen LogP contribution in [0, 0.1) is 0 Å². The molecule has 0 N–H and O–H groups in total. The van der Waals surface area contributed by atoms with Gasteiger partial charge >= 0.3 is 0 Å². The first-order valence-corrected chi connectivity index (χ1v) is 8.66. The highest BCUT2D eigenvalue weighted by Crippen LogP contribution is 2.19. The number of hydrogen-bond acceptors (Lipinski definition) is 4. The molecular weight excluding hydrogens is 230 g/mol. The zero-order valence-electron chi connectivity index (χ0n) is 9.61. The predicted octanol–water partition coefficient (Wildman–Crippen LogP) is 1.25. The molecule has 15 heavy (non-hydrogen) atoms. The summed E-state index contributed by atoms with van der Waals surface area (Å²) in [4.78, 5) is 2.41. The van der Waals surface area contributed by atoms with E-state index in [0.717, 1.165) is 17.5 Å². The molecule has 1 atom stereocenters. The topological polar surface area (TPSA) is 37.4 Å². The first-order valence-electron chi connectivity index (χ1n) is 5.45. The molecule has 5 heteroatoms. The van der Waals surface area contributed by atoms with Crippen LogP contribution in [0.1, 0.15) is 19.3 Å². The Bertz CT molecular complexity index is 277. The molecular formula is C10H21NO2S2. The van der Waals surface area contributed by atoms with Crippen molar-refractivity contribution in [1.29, 1.82) is 0 Å². The van der Waals surface area contributed by atoms with Crippen LogP contribution >= 0.6 is 11.8 Å². The van der Waals surface area contributed by atoms with E-state index < -0.39 is 9.84 Å². The minimum Gasteiger partial charge on any atom is -0.303 e. The molecule has 0 aromatic rings. The molecule has 0 aliphatic carbocycles. The van der Waals surface area contributed by atoms with E-state index in [0.29, 0.717) is 5.75 Å². The minimum atomic E-state index is -2.77. The van der Waals surface area contributed by atoms with E-state index in [4.69, 9.17) is 0 Å². The van der Waals surface area contributed by atoms with Gasteiger partial charge in [0.1, 0.15) is 9.84 Å². The van der Waals surface area contributed by atoms with E-state index in [2.05, 4.69) is 11.9 Å². The summed E-state index contributed by atoms with van der Waals surface area (Å²) in [5.74, 6) is 2.15. The smallest absolute Gasteiger partial charge is 0.148 e. The van der Waals surface area contributed by atoms with Crippen LogP contribution in [0.25, 0.3) is 0 Å². The molecule has 1 aliphatic rings. The average molecular weight is 251 g/mol. The molecule has 90 valence electrons. The second kappa shape index (κ2) is 6.11. The van der Waals surface area contributed by atoms with Gasteiger partial charge in [0.25, 0.3) is 0 Å². The van der Waals surface area contributed by atoms with Crippen molar-refractivity contribution in [3.63, 3.8) is 0 Å². The fourth-order valence-corrected chi connectivity index (χ4v) is 4.20. The van der Waals surface area contributed by atoms with E-state index in [1.807, 2.05) is 0 Å². The van der Waals surface area contributed by atoms with Gasteiger partial charge in [0.2, 0.25) is 0 Å². The highest BCUT2D eigenvalue weighted by atomic mass is 32.2. The van der Waals surface area contributed by atoms with Gasteiger partial charge in [-0.3, -0.25) is 0 Å². The van der Waals surface area contributed by atoms with Crippen LogP contribution in [0.4, 0.5) is 0 Å². The lowest BCUT2D eigenvalue weighted by molar-refractivity contribution is 0.305. The lowest BCUT2D eigenvalue weighted by Gasteiger charge is -2.18. The van der Waals surface area contributed by atoms with Gasteiger partial charge < -0.3 is 4.90 Å². The first kappa shape index (κ1) is 13.3. The standard InChI is InChI=1S/C10H21NO2S2/c1-11-6-3-4-10(11)5-7-14-8-9-15(2,12)13/h10H,3-9H2,1-2H3/t10-/m1/s1. The fraction of sp³-hybridized carbons (Fsp3) is 1.00. The molecule has 1 rings (SSSR count). The summed E-state index contributed by atoms with van der Waals surface area (Å²) < 4.78 is 21.8. The van der Waals surface area contributed by atoms with Crippen molar-refractivity contribution in [3.8, 4) is 0 Å². The molecule has 0 bridgehead atoms. The second-order valence-electron chi connectivity index (χ2n) is 4.31. The molecule has 0 saturated carbocycles. The Kier molecular flexibility index (Phi) is 5.43. The maximum absolute atomic E-state index is 10.9. The summed E-state index contributed by atoms with van der Waals surface area (Å²) in [6.45, 7) is 1.22. The quantitative estimate of drug-likeness (QED) is 0.666. The highest BCUT2D eigenvalue weighted by Gasteiger charge is 2.19. The zero-order valence-corrected chi connectivity index (χ0v) is 11.2. The monoisotopic (exact) mass is 251 g/mol. The molecule has 1 heterocycles. The van der Waals surface area contributed by atoms with E-state index >= 15 is 0 Å². The number of hydrogen-bond donors (Lipinski definition) is 0. The lowest BCUT2D eigenvalue weighted by atomic mass is 10.2. The van der Waals surface area contributed by atoms with Crippen molar-refractivity contribution >= 4 is 21.6 Å². The number of thioether (sulfide) groups is 1. The van der Waals surface area contributed by atoms with Crippen LogP contribution in [-0.2, 0) is 9.84 Å². The van der Waals surface area contributed by atoms with E-state index in [1.165, 1.54) is 32.1 Å². The van der Waals surface area contributed by atoms with Crippen molar-refractivity contribution in [2.24, 2.45) is 0 Å². The minimum absolute atomic E-state index is 0.318. The molecule has 0 spiro atoms. The van der Waals surface area contributed by atoms with Gasteiger partial charge in [-0.2, -0.15) is 11.8 Å². The maximum atomic E-state index is 10.9. The third-order valence-electron chi connectivity index (χ3n) is 2.87. The summed E-state index contributed by atoms with van der Waals surface area (Å²) in [6, 6.07) is 0.732. The largest absolute Gasteiger partial charge is 0.303 e. The third-order valence-corrected chi connectivity index (χ3v) is 5.09. The molecule has 1 aliphatic heterocycles. The summed E-state index contributed by atoms with van der Waals surface area (Å²) in [5.41, 5.74) is 0. The fourth-order valence-electron chi connectivity index (χ4n) is 1.88. The van der Waals surface area contributed by atoms with Crippen molar-refractivity contribution in [1.82, 2.24) is 4.90 Å². The molecule has 0 amide bonds. The van der Waals surface area contributed by atoms with Gasteiger partial charge in [-0.1, -0.05) is 0 Å². The van der Waals surface area contributed by atoms with Gasteiger partial charge in [-0.15, -0.1) is 0 Å². The van der Waals surface area contributed by atoms with E-state index in [-0.39, 0.29) is 0 Å². The van der Waals surface area contributed by atoms with Crippen LogP contribution in [0.15, 0.2) is 0 Å². The molecule has 1 saturated heterocycles. The van der Waals surface area contributed by atoms with Crippen molar-refractivity contribution < 1.29 is 8.42 Å². The van der Waals surface area contributed by atoms with Crippen LogP contribution < -0.4 is 0 Å². The molecule has 3 nitrogen and oxygen atoms in total. The zero-order chi connectivity index (χ0) is 11.3. The second-order valence-corrected chi connectivity index (χ2v) is 7.79. The first-order chi connectivity index (χ1) is 6.99. The Hall–Kier alpha value is 0.260. The van der Waals surface area contributed by atoms with Crippen molar-refractivity contribution in [2.75, 3.05) is 37.1 Å². The van der Waals surface area contributed by atoms with Crippen molar-refractivity contribution in [3.05, 3.63) is 0 Å². The summed E-state index contributed by atoms with van der Waals surface area (Å²) in [7, 11) is -0.586. The van der Waals surface area contributed by atoms with E-state index in [9.17, 15) is 8.42 Å². The molecule has 0 aromatic carbocycles. The Balaban J connectivity index is 2.02. The average Bonchev–Trinajstić information content (AvgIpc) is 2.49. The molecule has 1 fully saturated rings. The number of sulfone groups is 1. The van der Waals surface area contributed by atoms with Crippen LogP contribution in [0.5, 0.6) is 0 Å². The van der Waals surface area contributed by atoms with Crippen LogP contribution in [0.2, 0.25) is 0 Å². The van der Waals surface area contributed by atoms with Crippen LogP contribution in [-0.4, -0.2) is 56.5 Å². The molecule has 0 unspecified atom stereocenters. The predicted molar refractivity (Wildman–Crippen MR) is 67.3 cm³/mol. The van der Waals surface area contributed by atoms with Gasteiger partial charge in [-0.25, -0.2) is 8.42 Å². The summed E-state index contributed by atoms with van der Waals surface area (Å²) in [5, 5.41) is 0. The Morgan fingerprint density at radius 2 is 2.13 bits per heavy atom. The van der Waals surface area contributed by atoms with Gasteiger partial charge in [0, 0.05) is 18.1 Å². The molecule has 0 aromatic heterocycles. The summed E-state index contributed by atoms with van der Waals surface area (Å²) >= 11 is 1.76. The van der Waals surface area contributed by atoms with Gasteiger partial charge in [0.15, 0.2) is 0 Å². The third kappa shape index (κ3) is 5.78.